The van der Waals surface area contributed by atoms with Gasteiger partial charge in [-0.05, 0) is 36.3 Å². The summed E-state index contributed by atoms with van der Waals surface area (Å²) in [6, 6.07) is 4.18. The Hall–Kier alpha value is -0.760. The smallest absolute Gasteiger partial charge is 0.121 e. The molecule has 2 nitrogen and oxygen atoms in total. The summed E-state index contributed by atoms with van der Waals surface area (Å²) < 4.78 is 5.82. The Morgan fingerprint density at radius 2 is 2.18 bits per heavy atom. The molecule has 1 aromatic rings. The van der Waals surface area contributed by atoms with Crippen LogP contribution < -0.4 is 5.73 Å². The summed E-state index contributed by atoms with van der Waals surface area (Å²) in [7, 11) is 0. The summed E-state index contributed by atoms with van der Waals surface area (Å²) in [5.41, 5.74) is 6.76. The summed E-state index contributed by atoms with van der Waals surface area (Å²) in [4.78, 5) is 0. The van der Waals surface area contributed by atoms with Gasteiger partial charge in [-0.15, -0.1) is 0 Å². The van der Waals surface area contributed by atoms with E-state index < -0.39 is 0 Å². The molecular weight excluding hydrogens is 210 g/mol. The summed E-state index contributed by atoms with van der Waals surface area (Å²) in [5, 5.41) is 0. The summed E-state index contributed by atoms with van der Waals surface area (Å²) in [6.07, 6.45) is 6.11. The molecule has 1 aromatic heterocycles. The van der Waals surface area contributed by atoms with Crippen molar-refractivity contribution in [3.05, 3.63) is 23.7 Å². The molecule has 0 amide bonds. The molecular formula is C15H25NO. The van der Waals surface area contributed by atoms with E-state index in [0.717, 1.165) is 17.9 Å². The van der Waals surface area contributed by atoms with Gasteiger partial charge in [0.05, 0.1) is 6.04 Å². The van der Waals surface area contributed by atoms with Gasteiger partial charge in [0, 0.05) is 6.42 Å². The first kappa shape index (κ1) is 12.7. The molecule has 2 heteroatoms. The highest BCUT2D eigenvalue weighted by molar-refractivity contribution is 5.12. The second-order valence-corrected chi connectivity index (χ2v) is 6.02. The van der Waals surface area contributed by atoms with Gasteiger partial charge >= 0.3 is 0 Å². The minimum Gasteiger partial charge on any atom is -0.464 e. The normalized spacial score (nSPS) is 25.8. The quantitative estimate of drug-likeness (QED) is 0.858. The van der Waals surface area contributed by atoms with Crippen LogP contribution in [0.3, 0.4) is 0 Å². The van der Waals surface area contributed by atoms with E-state index in [4.69, 9.17) is 10.2 Å². The fraction of sp³-hybridized carbons (Fsp3) is 0.733. The summed E-state index contributed by atoms with van der Waals surface area (Å²) >= 11 is 0. The number of hydrogen-bond acceptors (Lipinski definition) is 2. The first-order chi connectivity index (χ1) is 8.04. The highest BCUT2D eigenvalue weighted by Gasteiger charge is 2.37. The number of hydrogen-bond donors (Lipinski definition) is 1. The van der Waals surface area contributed by atoms with Gasteiger partial charge in [-0.1, -0.05) is 33.6 Å². The fourth-order valence-corrected chi connectivity index (χ4v) is 3.15. The predicted molar refractivity (Wildman–Crippen MR) is 70.8 cm³/mol. The third kappa shape index (κ3) is 2.57. The zero-order chi connectivity index (χ0) is 12.5. The highest BCUT2D eigenvalue weighted by Crippen LogP contribution is 2.46. The number of nitrogens with two attached hydrogens (primary N) is 1. The van der Waals surface area contributed by atoms with Gasteiger partial charge in [0.2, 0.25) is 0 Å². The van der Waals surface area contributed by atoms with Gasteiger partial charge in [-0.2, -0.15) is 0 Å². The van der Waals surface area contributed by atoms with Gasteiger partial charge in [-0.25, -0.2) is 0 Å². The Bertz CT molecular complexity index is 367. The number of aryl methyl sites for hydroxylation is 1. The third-order valence-corrected chi connectivity index (χ3v) is 4.38. The van der Waals surface area contributed by atoms with E-state index in [-0.39, 0.29) is 6.04 Å². The molecule has 96 valence electrons. The molecule has 0 radical (unpaired) electrons. The van der Waals surface area contributed by atoms with Gasteiger partial charge in [0.15, 0.2) is 0 Å². The lowest BCUT2D eigenvalue weighted by atomic mass is 9.65. The molecule has 1 heterocycles. The molecule has 17 heavy (non-hydrogen) atoms. The zero-order valence-corrected chi connectivity index (χ0v) is 11.3. The van der Waals surface area contributed by atoms with E-state index in [1.165, 1.54) is 25.7 Å². The Balaban J connectivity index is 2.15. The number of furan rings is 1. The average Bonchev–Trinajstić information content (AvgIpc) is 2.76. The molecule has 2 atom stereocenters. The maximum absolute atomic E-state index is 6.42. The topological polar surface area (TPSA) is 39.2 Å². The lowest BCUT2D eigenvalue weighted by Gasteiger charge is -2.41. The van der Waals surface area contributed by atoms with Crippen LogP contribution in [0.2, 0.25) is 0 Å². The van der Waals surface area contributed by atoms with E-state index in [1.807, 2.05) is 0 Å². The fourth-order valence-electron chi connectivity index (χ4n) is 3.15. The monoisotopic (exact) mass is 235 g/mol. The summed E-state index contributed by atoms with van der Waals surface area (Å²) in [5.74, 6) is 2.57. The first-order valence-electron chi connectivity index (χ1n) is 6.89. The maximum Gasteiger partial charge on any atom is 0.121 e. The van der Waals surface area contributed by atoms with Crippen LogP contribution in [0.5, 0.6) is 0 Å². The van der Waals surface area contributed by atoms with Crippen molar-refractivity contribution in [1.82, 2.24) is 0 Å². The van der Waals surface area contributed by atoms with E-state index in [9.17, 15) is 0 Å². The van der Waals surface area contributed by atoms with Crippen molar-refractivity contribution in [3.63, 3.8) is 0 Å². The lowest BCUT2D eigenvalue weighted by Crippen LogP contribution is -2.36. The van der Waals surface area contributed by atoms with Crippen LogP contribution in [-0.2, 0) is 6.42 Å². The second kappa shape index (κ2) is 4.85. The summed E-state index contributed by atoms with van der Waals surface area (Å²) in [6.45, 7) is 6.80. The van der Waals surface area contributed by atoms with Gasteiger partial charge in [0.25, 0.3) is 0 Å². The van der Waals surface area contributed by atoms with Gasteiger partial charge < -0.3 is 10.2 Å². The van der Waals surface area contributed by atoms with Crippen molar-refractivity contribution in [2.75, 3.05) is 0 Å². The molecule has 2 N–H and O–H groups in total. The Kier molecular flexibility index (Phi) is 3.62. The van der Waals surface area contributed by atoms with Crippen LogP contribution in [0.4, 0.5) is 0 Å². The molecule has 1 saturated carbocycles. The van der Waals surface area contributed by atoms with Crippen molar-refractivity contribution in [2.24, 2.45) is 17.1 Å². The average molecular weight is 235 g/mol. The van der Waals surface area contributed by atoms with E-state index in [2.05, 4.69) is 32.9 Å². The van der Waals surface area contributed by atoms with Crippen LogP contribution >= 0.6 is 0 Å². The van der Waals surface area contributed by atoms with Crippen LogP contribution in [0, 0.1) is 11.3 Å². The maximum atomic E-state index is 6.42. The van der Waals surface area contributed by atoms with Crippen LogP contribution in [0.1, 0.15) is 64.0 Å². The standard InChI is InChI=1S/C15H25NO/c1-4-11-8-9-13(17-11)14(16)12-7-5-6-10-15(12,2)3/h8-9,12,14H,4-7,10,16H2,1-3H3. The minimum atomic E-state index is 0.0607. The van der Waals surface area contributed by atoms with E-state index in [1.54, 1.807) is 0 Å². The molecule has 1 fully saturated rings. The highest BCUT2D eigenvalue weighted by atomic mass is 16.3. The minimum absolute atomic E-state index is 0.0607. The largest absolute Gasteiger partial charge is 0.464 e. The first-order valence-corrected chi connectivity index (χ1v) is 6.89. The second-order valence-electron chi connectivity index (χ2n) is 6.02. The third-order valence-electron chi connectivity index (χ3n) is 4.38. The van der Waals surface area contributed by atoms with Gasteiger partial charge in [-0.3, -0.25) is 0 Å². The van der Waals surface area contributed by atoms with Crippen molar-refractivity contribution in [3.8, 4) is 0 Å². The van der Waals surface area contributed by atoms with Crippen LogP contribution in [0.25, 0.3) is 0 Å². The molecule has 0 aromatic carbocycles. The predicted octanol–water partition coefficient (Wildman–Crippen LogP) is 4.06. The molecule has 0 bridgehead atoms. The molecule has 0 aliphatic heterocycles. The Labute approximate surface area is 105 Å². The van der Waals surface area contributed by atoms with E-state index >= 15 is 0 Å². The molecule has 1 aliphatic rings. The molecule has 0 spiro atoms. The van der Waals surface area contributed by atoms with Crippen molar-refractivity contribution >= 4 is 0 Å². The van der Waals surface area contributed by atoms with Crippen molar-refractivity contribution in [2.45, 2.75) is 58.9 Å². The Morgan fingerprint density at radius 3 is 2.76 bits per heavy atom. The lowest BCUT2D eigenvalue weighted by molar-refractivity contribution is 0.104. The van der Waals surface area contributed by atoms with Crippen molar-refractivity contribution in [1.29, 1.82) is 0 Å². The molecule has 0 saturated heterocycles. The van der Waals surface area contributed by atoms with Gasteiger partial charge in [0.1, 0.15) is 11.5 Å². The molecule has 1 aliphatic carbocycles. The van der Waals surface area contributed by atoms with Crippen LogP contribution in [-0.4, -0.2) is 0 Å². The molecule has 2 unspecified atom stereocenters. The van der Waals surface area contributed by atoms with Crippen LogP contribution in [0.15, 0.2) is 16.5 Å². The Morgan fingerprint density at radius 1 is 1.41 bits per heavy atom. The van der Waals surface area contributed by atoms with E-state index in [0.29, 0.717) is 11.3 Å². The van der Waals surface area contributed by atoms with Crippen molar-refractivity contribution < 1.29 is 4.42 Å². The SMILES string of the molecule is CCc1ccc(C(N)C2CCCCC2(C)C)o1. The molecule has 2 rings (SSSR count). The number of rotatable bonds is 3. The zero-order valence-electron chi connectivity index (χ0n) is 11.3.